The Morgan fingerprint density at radius 1 is 1.13 bits per heavy atom. The molecule has 1 aliphatic rings. The van der Waals surface area contributed by atoms with Crippen LogP contribution in [0.25, 0.3) is 0 Å². The molecular formula is C21H25N3O3S3. The van der Waals surface area contributed by atoms with E-state index in [-0.39, 0.29) is 16.6 Å². The zero-order chi connectivity index (χ0) is 21.4. The van der Waals surface area contributed by atoms with Crippen LogP contribution >= 0.6 is 23.5 Å². The molecule has 0 atom stereocenters. The lowest BCUT2D eigenvalue weighted by Gasteiger charge is -2.25. The lowest BCUT2D eigenvalue weighted by molar-refractivity contribution is -0.113. The molecule has 1 amide bonds. The number of nitrogens with zero attached hydrogens (tertiary/aromatic N) is 2. The lowest BCUT2D eigenvalue weighted by atomic mass is 10.2. The summed E-state index contributed by atoms with van der Waals surface area (Å²) >= 11 is 2.88. The number of nitrogens with one attached hydrogen (secondary N) is 1. The van der Waals surface area contributed by atoms with Crippen LogP contribution in [0.1, 0.15) is 19.3 Å². The van der Waals surface area contributed by atoms with Gasteiger partial charge in [-0.25, -0.2) is 13.4 Å². The Morgan fingerprint density at radius 3 is 2.60 bits per heavy atom. The first-order valence-corrected chi connectivity index (χ1v) is 13.1. The van der Waals surface area contributed by atoms with Crippen molar-refractivity contribution in [3.63, 3.8) is 0 Å². The molecule has 9 heteroatoms. The number of rotatable bonds is 9. The van der Waals surface area contributed by atoms with Crippen molar-refractivity contribution in [3.05, 3.63) is 55.3 Å². The summed E-state index contributed by atoms with van der Waals surface area (Å²) in [6, 6.07) is 10.9. The molecule has 6 nitrogen and oxygen atoms in total. The summed E-state index contributed by atoms with van der Waals surface area (Å²) in [5, 5.41) is 3.53. The number of para-hydroxylation sites is 1. The fraction of sp³-hybridized carbons (Fsp3) is 0.333. The van der Waals surface area contributed by atoms with E-state index >= 15 is 0 Å². The van der Waals surface area contributed by atoms with E-state index < -0.39 is 10.0 Å². The van der Waals surface area contributed by atoms with Crippen LogP contribution in [0, 0.1) is 0 Å². The number of carbonyl (C=O) groups is 1. The first-order chi connectivity index (χ1) is 14.5. The Balaban J connectivity index is 1.56. The molecule has 0 aliphatic carbocycles. The van der Waals surface area contributed by atoms with Crippen molar-refractivity contribution >= 4 is 45.1 Å². The first-order valence-electron chi connectivity index (χ1n) is 9.72. The third-order valence-electron chi connectivity index (χ3n) is 4.53. The fourth-order valence-electron chi connectivity index (χ4n) is 3.03. The van der Waals surface area contributed by atoms with Crippen LogP contribution in [0.15, 0.2) is 70.1 Å². The van der Waals surface area contributed by atoms with E-state index in [9.17, 15) is 13.2 Å². The van der Waals surface area contributed by atoms with Gasteiger partial charge in [-0.05, 0) is 37.1 Å². The first kappa shape index (κ1) is 22.9. The number of piperidine rings is 1. The molecule has 3 rings (SSSR count). The highest BCUT2D eigenvalue weighted by atomic mass is 32.2. The number of benzene rings is 1. The van der Waals surface area contributed by atoms with Gasteiger partial charge in [-0.1, -0.05) is 36.4 Å². The van der Waals surface area contributed by atoms with Crippen molar-refractivity contribution in [1.29, 1.82) is 0 Å². The van der Waals surface area contributed by atoms with Crippen LogP contribution in [0.3, 0.4) is 0 Å². The van der Waals surface area contributed by atoms with Crippen molar-refractivity contribution in [2.24, 2.45) is 0 Å². The summed E-state index contributed by atoms with van der Waals surface area (Å²) in [5.74, 6) is 0.808. The van der Waals surface area contributed by atoms with Gasteiger partial charge in [-0.2, -0.15) is 4.31 Å². The van der Waals surface area contributed by atoms with Crippen LogP contribution < -0.4 is 5.32 Å². The number of hydrogen-bond donors (Lipinski definition) is 1. The van der Waals surface area contributed by atoms with Crippen LogP contribution in [0.4, 0.5) is 5.69 Å². The van der Waals surface area contributed by atoms with Crippen LogP contribution in [0.5, 0.6) is 0 Å². The van der Waals surface area contributed by atoms with Gasteiger partial charge >= 0.3 is 0 Å². The van der Waals surface area contributed by atoms with Gasteiger partial charge in [0.2, 0.25) is 15.9 Å². The molecule has 1 aliphatic heterocycles. The molecule has 1 aromatic carbocycles. The second-order valence-electron chi connectivity index (χ2n) is 6.73. The number of amides is 1. The van der Waals surface area contributed by atoms with Gasteiger partial charge < -0.3 is 5.32 Å². The molecule has 0 radical (unpaired) electrons. The molecule has 2 heterocycles. The van der Waals surface area contributed by atoms with E-state index in [1.165, 1.54) is 22.3 Å². The maximum atomic E-state index is 12.7. The number of aromatic nitrogens is 1. The van der Waals surface area contributed by atoms with E-state index in [0.29, 0.717) is 18.1 Å². The van der Waals surface area contributed by atoms with E-state index in [0.717, 1.165) is 35.6 Å². The summed E-state index contributed by atoms with van der Waals surface area (Å²) in [6.45, 7) is 4.84. The molecule has 1 aromatic heterocycles. The Hall–Kier alpha value is -1.81. The van der Waals surface area contributed by atoms with Crippen molar-refractivity contribution in [2.45, 2.75) is 34.1 Å². The average molecular weight is 464 g/mol. The SMILES string of the molecule is C=CCSc1ccccc1NC(=O)CSc1ccc(S(=O)(=O)N2CCCCC2)cn1. The molecule has 0 saturated carbocycles. The maximum absolute atomic E-state index is 12.7. The molecule has 1 N–H and O–H groups in total. The van der Waals surface area contributed by atoms with Crippen LogP contribution in [-0.4, -0.2) is 48.2 Å². The van der Waals surface area contributed by atoms with Gasteiger partial charge in [-0.3, -0.25) is 4.79 Å². The fourth-order valence-corrected chi connectivity index (χ4v) is 5.88. The zero-order valence-electron chi connectivity index (χ0n) is 16.6. The molecule has 0 unspecified atom stereocenters. The zero-order valence-corrected chi connectivity index (χ0v) is 19.1. The second kappa shape index (κ2) is 11.0. The molecular weight excluding hydrogens is 438 g/mol. The van der Waals surface area contributed by atoms with E-state index in [1.807, 2.05) is 30.3 Å². The van der Waals surface area contributed by atoms with E-state index in [1.54, 1.807) is 23.9 Å². The molecule has 0 spiro atoms. The minimum Gasteiger partial charge on any atom is -0.324 e. The summed E-state index contributed by atoms with van der Waals surface area (Å²) in [6.07, 6.45) is 6.06. The van der Waals surface area contributed by atoms with Crippen molar-refractivity contribution in [1.82, 2.24) is 9.29 Å². The summed E-state index contributed by atoms with van der Waals surface area (Å²) in [5.41, 5.74) is 0.769. The Kier molecular flexibility index (Phi) is 8.38. The van der Waals surface area contributed by atoms with Crippen molar-refractivity contribution < 1.29 is 13.2 Å². The highest BCUT2D eigenvalue weighted by molar-refractivity contribution is 8.00. The molecule has 1 fully saturated rings. The maximum Gasteiger partial charge on any atom is 0.244 e. The number of hydrogen-bond acceptors (Lipinski definition) is 6. The van der Waals surface area contributed by atoms with E-state index in [2.05, 4.69) is 16.9 Å². The number of thioether (sulfide) groups is 2. The Morgan fingerprint density at radius 2 is 1.90 bits per heavy atom. The third-order valence-corrected chi connectivity index (χ3v) is 8.43. The van der Waals surface area contributed by atoms with Crippen LogP contribution in [0.2, 0.25) is 0 Å². The van der Waals surface area contributed by atoms with Gasteiger partial charge in [0.15, 0.2) is 0 Å². The largest absolute Gasteiger partial charge is 0.324 e. The minimum atomic E-state index is -3.49. The van der Waals surface area contributed by atoms with Crippen molar-refractivity contribution in [3.8, 4) is 0 Å². The van der Waals surface area contributed by atoms with E-state index in [4.69, 9.17) is 0 Å². The van der Waals surface area contributed by atoms with Gasteiger partial charge in [0.1, 0.15) is 4.90 Å². The lowest BCUT2D eigenvalue weighted by Crippen LogP contribution is -2.35. The summed E-state index contributed by atoms with van der Waals surface area (Å²) in [4.78, 5) is 17.8. The standard InChI is InChI=1S/C21H25N3O3S3/c1-2-14-28-19-9-5-4-8-18(19)23-20(25)16-29-21-11-10-17(15-22-21)30(26,27)24-12-6-3-7-13-24/h2,4-5,8-11,15H,1,3,6-7,12-14,16H2,(H,23,25). The molecule has 0 bridgehead atoms. The topological polar surface area (TPSA) is 79.4 Å². The van der Waals surface area contributed by atoms with Gasteiger partial charge in [0.25, 0.3) is 0 Å². The number of carbonyl (C=O) groups excluding carboxylic acids is 1. The predicted octanol–water partition coefficient (Wildman–Crippen LogP) is 4.27. The average Bonchev–Trinajstić information content (AvgIpc) is 2.78. The summed E-state index contributed by atoms with van der Waals surface area (Å²) < 4.78 is 26.9. The number of anilines is 1. The third kappa shape index (κ3) is 6.10. The Labute approximate surface area is 186 Å². The van der Waals surface area contributed by atoms with Gasteiger partial charge in [0, 0.05) is 29.9 Å². The highest BCUT2D eigenvalue weighted by Gasteiger charge is 2.26. The second-order valence-corrected chi connectivity index (χ2v) is 10.7. The minimum absolute atomic E-state index is 0.140. The normalized spacial score (nSPS) is 14.9. The molecule has 160 valence electrons. The van der Waals surface area contributed by atoms with Gasteiger partial charge in [0.05, 0.1) is 16.5 Å². The van der Waals surface area contributed by atoms with Crippen LogP contribution in [-0.2, 0) is 14.8 Å². The number of sulfonamides is 1. The molecule has 1 saturated heterocycles. The highest BCUT2D eigenvalue weighted by Crippen LogP contribution is 2.27. The molecule has 2 aromatic rings. The van der Waals surface area contributed by atoms with Gasteiger partial charge in [-0.15, -0.1) is 18.3 Å². The number of pyridine rings is 1. The predicted molar refractivity (Wildman–Crippen MR) is 124 cm³/mol. The Bertz CT molecular complexity index is 972. The monoisotopic (exact) mass is 463 g/mol. The summed E-state index contributed by atoms with van der Waals surface area (Å²) in [7, 11) is -3.49. The smallest absolute Gasteiger partial charge is 0.244 e. The van der Waals surface area contributed by atoms with Crippen molar-refractivity contribution in [2.75, 3.05) is 29.9 Å². The molecule has 30 heavy (non-hydrogen) atoms. The quantitative estimate of drug-likeness (QED) is 0.442.